The van der Waals surface area contributed by atoms with Crippen LogP contribution in [0.1, 0.15) is 36.4 Å². The SMILES string of the molecule is Cc1ccc([C@H](C)NC(=O)N2CCO[C@@H](c3nncn3C)C2)o1. The number of morpholine rings is 1. The zero-order valence-electron chi connectivity index (χ0n) is 13.5. The molecule has 0 unspecified atom stereocenters. The Labute approximate surface area is 134 Å². The van der Waals surface area contributed by atoms with E-state index in [4.69, 9.17) is 9.15 Å². The van der Waals surface area contributed by atoms with E-state index in [2.05, 4.69) is 15.5 Å². The maximum atomic E-state index is 12.5. The fraction of sp³-hybridized carbons (Fsp3) is 0.533. The number of rotatable bonds is 3. The molecule has 0 aliphatic carbocycles. The van der Waals surface area contributed by atoms with Gasteiger partial charge in [-0.1, -0.05) is 0 Å². The van der Waals surface area contributed by atoms with Crippen LogP contribution in [0.3, 0.4) is 0 Å². The number of carbonyl (C=O) groups excluding carboxylic acids is 1. The van der Waals surface area contributed by atoms with E-state index in [0.29, 0.717) is 19.7 Å². The van der Waals surface area contributed by atoms with Crippen LogP contribution >= 0.6 is 0 Å². The number of urea groups is 1. The van der Waals surface area contributed by atoms with Crippen molar-refractivity contribution in [2.24, 2.45) is 7.05 Å². The fourth-order valence-corrected chi connectivity index (χ4v) is 2.61. The first-order valence-electron chi connectivity index (χ1n) is 7.62. The molecule has 8 nitrogen and oxygen atoms in total. The van der Waals surface area contributed by atoms with Crippen molar-refractivity contribution < 1.29 is 13.9 Å². The third-order valence-electron chi connectivity index (χ3n) is 3.92. The molecule has 8 heteroatoms. The minimum absolute atomic E-state index is 0.137. The van der Waals surface area contributed by atoms with Crippen LogP contribution < -0.4 is 5.32 Å². The highest BCUT2D eigenvalue weighted by atomic mass is 16.5. The second kappa shape index (κ2) is 6.41. The third-order valence-corrected chi connectivity index (χ3v) is 3.92. The molecule has 0 saturated carbocycles. The predicted octanol–water partition coefficient (Wildman–Crippen LogP) is 1.56. The van der Waals surface area contributed by atoms with Crippen molar-refractivity contribution in [2.75, 3.05) is 19.7 Å². The maximum absolute atomic E-state index is 12.5. The van der Waals surface area contributed by atoms with Gasteiger partial charge in [0.05, 0.1) is 19.2 Å². The summed E-state index contributed by atoms with van der Waals surface area (Å²) in [6.07, 6.45) is 1.36. The fourth-order valence-electron chi connectivity index (χ4n) is 2.61. The zero-order chi connectivity index (χ0) is 16.4. The molecule has 1 N–H and O–H groups in total. The van der Waals surface area contributed by atoms with Gasteiger partial charge in [-0.3, -0.25) is 0 Å². The lowest BCUT2D eigenvalue weighted by molar-refractivity contribution is -0.0218. The van der Waals surface area contributed by atoms with E-state index in [-0.39, 0.29) is 18.2 Å². The van der Waals surface area contributed by atoms with Gasteiger partial charge in [0, 0.05) is 13.6 Å². The first kappa shape index (κ1) is 15.5. The lowest BCUT2D eigenvalue weighted by Gasteiger charge is -2.33. The number of amides is 2. The van der Waals surface area contributed by atoms with E-state index in [1.807, 2.05) is 33.0 Å². The number of nitrogens with one attached hydrogen (secondary N) is 1. The molecule has 0 radical (unpaired) electrons. The number of hydrogen-bond acceptors (Lipinski definition) is 5. The Morgan fingerprint density at radius 2 is 2.30 bits per heavy atom. The average molecular weight is 319 g/mol. The van der Waals surface area contributed by atoms with Crippen LogP contribution in [0.5, 0.6) is 0 Å². The van der Waals surface area contributed by atoms with Gasteiger partial charge in [0.1, 0.15) is 24.0 Å². The second-order valence-corrected chi connectivity index (χ2v) is 5.73. The molecule has 124 valence electrons. The number of aromatic nitrogens is 3. The van der Waals surface area contributed by atoms with Crippen molar-refractivity contribution >= 4 is 6.03 Å². The molecule has 0 aromatic carbocycles. The molecule has 1 saturated heterocycles. The highest BCUT2D eigenvalue weighted by molar-refractivity contribution is 5.74. The standard InChI is InChI=1S/C15H21N5O3/c1-10-4-5-12(23-10)11(2)17-15(21)20-6-7-22-13(8-20)14-18-16-9-19(14)3/h4-5,9,11,13H,6-8H2,1-3H3,(H,17,21)/t11-,13+/m0/s1. The highest BCUT2D eigenvalue weighted by Crippen LogP contribution is 2.21. The van der Waals surface area contributed by atoms with Gasteiger partial charge in [-0.2, -0.15) is 0 Å². The molecule has 0 spiro atoms. The van der Waals surface area contributed by atoms with E-state index in [9.17, 15) is 4.79 Å². The molecule has 0 bridgehead atoms. The monoisotopic (exact) mass is 319 g/mol. The Kier molecular flexibility index (Phi) is 4.33. The van der Waals surface area contributed by atoms with Gasteiger partial charge in [0.2, 0.25) is 0 Å². The van der Waals surface area contributed by atoms with Crippen molar-refractivity contribution in [3.63, 3.8) is 0 Å². The molecule has 1 aliphatic heterocycles. The molecule has 3 rings (SSSR count). The molecular formula is C15H21N5O3. The Bertz CT molecular complexity index is 680. The van der Waals surface area contributed by atoms with Crippen molar-refractivity contribution in [1.82, 2.24) is 25.0 Å². The second-order valence-electron chi connectivity index (χ2n) is 5.73. The van der Waals surface area contributed by atoms with Crippen molar-refractivity contribution in [2.45, 2.75) is 26.0 Å². The van der Waals surface area contributed by atoms with E-state index >= 15 is 0 Å². The lowest BCUT2D eigenvalue weighted by atomic mass is 10.2. The Balaban J connectivity index is 1.62. The lowest BCUT2D eigenvalue weighted by Crippen LogP contribution is -2.48. The van der Waals surface area contributed by atoms with E-state index in [1.165, 1.54) is 0 Å². The van der Waals surface area contributed by atoms with Crippen LogP contribution in [0.25, 0.3) is 0 Å². The Morgan fingerprint density at radius 3 is 2.96 bits per heavy atom. The first-order valence-corrected chi connectivity index (χ1v) is 7.62. The molecule has 2 atom stereocenters. The molecule has 3 heterocycles. The maximum Gasteiger partial charge on any atom is 0.318 e. The third kappa shape index (κ3) is 3.37. The van der Waals surface area contributed by atoms with Crippen molar-refractivity contribution in [3.8, 4) is 0 Å². The summed E-state index contributed by atoms with van der Waals surface area (Å²) in [5, 5.41) is 10.9. The molecular weight excluding hydrogens is 298 g/mol. The average Bonchev–Trinajstić information content (AvgIpc) is 3.16. The van der Waals surface area contributed by atoms with E-state index in [0.717, 1.165) is 17.3 Å². The summed E-state index contributed by atoms with van der Waals surface area (Å²) >= 11 is 0. The van der Waals surface area contributed by atoms with Gasteiger partial charge in [0.15, 0.2) is 5.82 Å². The first-order chi connectivity index (χ1) is 11.0. The van der Waals surface area contributed by atoms with Gasteiger partial charge in [0.25, 0.3) is 0 Å². The van der Waals surface area contributed by atoms with Gasteiger partial charge in [-0.15, -0.1) is 10.2 Å². The molecule has 23 heavy (non-hydrogen) atoms. The zero-order valence-corrected chi connectivity index (χ0v) is 13.5. The van der Waals surface area contributed by atoms with E-state index < -0.39 is 0 Å². The van der Waals surface area contributed by atoms with Gasteiger partial charge < -0.3 is 23.9 Å². The summed E-state index contributed by atoms with van der Waals surface area (Å²) in [6.45, 7) is 5.24. The Morgan fingerprint density at radius 1 is 1.48 bits per heavy atom. The van der Waals surface area contributed by atoms with Crippen molar-refractivity contribution in [3.05, 3.63) is 35.8 Å². The minimum atomic E-state index is -0.261. The van der Waals surface area contributed by atoms with Crippen LogP contribution in [0, 0.1) is 6.92 Å². The summed E-state index contributed by atoms with van der Waals surface area (Å²) in [4.78, 5) is 14.2. The molecule has 2 aromatic heterocycles. The quantitative estimate of drug-likeness (QED) is 0.928. The predicted molar refractivity (Wildman–Crippen MR) is 81.7 cm³/mol. The highest BCUT2D eigenvalue weighted by Gasteiger charge is 2.29. The summed E-state index contributed by atoms with van der Waals surface area (Å²) in [7, 11) is 1.86. The van der Waals surface area contributed by atoms with Gasteiger partial charge in [-0.25, -0.2) is 4.79 Å². The van der Waals surface area contributed by atoms with E-state index in [1.54, 1.807) is 15.8 Å². The number of aryl methyl sites for hydroxylation is 2. The Hall–Kier alpha value is -2.35. The van der Waals surface area contributed by atoms with Gasteiger partial charge in [-0.05, 0) is 26.0 Å². The number of nitrogens with zero attached hydrogens (tertiary/aromatic N) is 4. The van der Waals surface area contributed by atoms with Gasteiger partial charge >= 0.3 is 6.03 Å². The normalized spacial score (nSPS) is 19.6. The molecule has 1 fully saturated rings. The largest absolute Gasteiger partial charge is 0.464 e. The summed E-state index contributed by atoms with van der Waals surface area (Å²) in [6, 6.07) is 3.44. The van der Waals surface area contributed by atoms with Crippen LogP contribution in [-0.4, -0.2) is 45.4 Å². The van der Waals surface area contributed by atoms with Crippen LogP contribution in [0.2, 0.25) is 0 Å². The van der Waals surface area contributed by atoms with Crippen LogP contribution in [0.4, 0.5) is 4.79 Å². The number of hydrogen-bond donors (Lipinski definition) is 1. The smallest absolute Gasteiger partial charge is 0.318 e. The molecule has 1 aliphatic rings. The topological polar surface area (TPSA) is 85.4 Å². The number of furan rings is 1. The number of carbonyl (C=O) groups is 1. The number of ether oxygens (including phenoxy) is 1. The van der Waals surface area contributed by atoms with Crippen LogP contribution in [-0.2, 0) is 11.8 Å². The summed E-state index contributed by atoms with van der Waals surface area (Å²) in [5.74, 6) is 2.29. The summed E-state index contributed by atoms with van der Waals surface area (Å²) in [5.41, 5.74) is 0. The summed E-state index contributed by atoms with van der Waals surface area (Å²) < 4.78 is 13.1. The molecule has 2 aromatic rings. The minimum Gasteiger partial charge on any atom is -0.464 e. The molecule has 2 amide bonds. The van der Waals surface area contributed by atoms with Crippen LogP contribution in [0.15, 0.2) is 22.9 Å². The van der Waals surface area contributed by atoms with Crippen molar-refractivity contribution in [1.29, 1.82) is 0 Å².